The highest BCUT2D eigenvalue weighted by Gasteiger charge is 2.55. The lowest BCUT2D eigenvalue weighted by Crippen LogP contribution is -2.31. The summed E-state index contributed by atoms with van der Waals surface area (Å²) in [4.78, 5) is 32.2. The average Bonchev–Trinajstić information content (AvgIpc) is 3.29. The molecule has 2 saturated heterocycles. The molecule has 0 radical (unpaired) electrons. The Kier molecular flexibility index (Phi) is 4.74. The predicted octanol–water partition coefficient (Wildman–Crippen LogP) is 1.07. The number of imidazole rings is 1. The minimum Gasteiger partial charge on any atom is -0.369 e. The number of azide groups is 1. The Bertz CT molecular complexity index is 1050. The van der Waals surface area contributed by atoms with Crippen molar-refractivity contribution in [2.75, 3.05) is 20.6 Å². The first-order chi connectivity index (χ1) is 13.8. The van der Waals surface area contributed by atoms with Crippen LogP contribution in [0.15, 0.2) is 21.2 Å². The van der Waals surface area contributed by atoms with Gasteiger partial charge in [0.15, 0.2) is 23.2 Å². The maximum absolute atomic E-state index is 12.4. The van der Waals surface area contributed by atoms with E-state index in [2.05, 4.69) is 30.0 Å². The highest BCUT2D eigenvalue weighted by atomic mass is 16.8. The molecule has 2 aromatic heterocycles. The monoisotopic (exact) mass is 403 g/mol. The quantitative estimate of drug-likeness (QED) is 0.257. The molecule has 2 aliphatic heterocycles. The van der Waals surface area contributed by atoms with Gasteiger partial charge in [0.2, 0.25) is 5.95 Å². The first-order valence-corrected chi connectivity index (χ1v) is 8.98. The van der Waals surface area contributed by atoms with E-state index < -0.39 is 35.9 Å². The van der Waals surface area contributed by atoms with Crippen molar-refractivity contribution in [1.82, 2.24) is 24.4 Å². The first kappa shape index (κ1) is 19.3. The highest BCUT2D eigenvalue weighted by molar-refractivity contribution is 5.71. The molecule has 2 aromatic rings. The molecule has 0 saturated carbocycles. The molecule has 2 aliphatic rings. The summed E-state index contributed by atoms with van der Waals surface area (Å²) in [5, 5.41) is 3.61. The standard InChI is InChI=1S/C16H21N9O4/c1-16(2)28-10-8(5-20-23-17)27-14(11(10)29-16)25-7-18-9-12(25)21-15(22-13(9)26)19-6-24(3)4/h6-8,10-11,14H,5H2,1-4H3,(H,21,22,26)/t8-,10?,11+,14-/m1/s1. The fraction of sp³-hybridized carbons (Fsp3) is 0.625. The zero-order valence-electron chi connectivity index (χ0n) is 16.4. The second-order valence-corrected chi connectivity index (χ2v) is 7.47. The van der Waals surface area contributed by atoms with Gasteiger partial charge in [0.25, 0.3) is 5.56 Å². The maximum atomic E-state index is 12.4. The average molecular weight is 403 g/mol. The fourth-order valence-electron chi connectivity index (χ4n) is 3.48. The van der Waals surface area contributed by atoms with E-state index in [0.717, 1.165) is 0 Å². The lowest BCUT2D eigenvalue weighted by Gasteiger charge is -2.24. The van der Waals surface area contributed by atoms with Gasteiger partial charge in [-0.15, -0.1) is 0 Å². The number of nitrogens with one attached hydrogen (secondary N) is 1. The summed E-state index contributed by atoms with van der Waals surface area (Å²) in [6.45, 7) is 3.69. The van der Waals surface area contributed by atoms with Gasteiger partial charge in [0.05, 0.1) is 25.3 Å². The Labute approximate surface area is 164 Å². The third kappa shape index (κ3) is 3.56. The minimum atomic E-state index is -0.825. The number of ether oxygens (including phenoxy) is 3. The van der Waals surface area contributed by atoms with Crippen molar-refractivity contribution in [2.45, 2.75) is 44.2 Å². The highest BCUT2D eigenvalue weighted by Crippen LogP contribution is 2.43. The molecular formula is C16H21N9O4. The smallest absolute Gasteiger partial charge is 0.280 e. The SMILES string of the molecule is CN(C)C=Nc1nc2c(ncn2[C@@H]2O[C@H](CN=[N+]=[N-])C3OC(C)(C)O[C@@H]32)c(=O)[nH]1. The Balaban J connectivity index is 1.75. The fourth-order valence-corrected chi connectivity index (χ4v) is 3.48. The Morgan fingerprint density at radius 2 is 2.17 bits per heavy atom. The van der Waals surface area contributed by atoms with Crippen molar-refractivity contribution in [3.05, 3.63) is 27.1 Å². The number of aromatic amines is 1. The molecule has 13 nitrogen and oxygen atoms in total. The molecule has 4 rings (SSSR count). The van der Waals surface area contributed by atoms with Crippen LogP contribution in [-0.2, 0) is 14.2 Å². The number of hydrogen-bond acceptors (Lipinski definition) is 8. The number of hydrogen-bond donors (Lipinski definition) is 1. The number of rotatable bonds is 5. The van der Waals surface area contributed by atoms with Crippen LogP contribution >= 0.6 is 0 Å². The van der Waals surface area contributed by atoms with E-state index >= 15 is 0 Å². The molecule has 0 aliphatic carbocycles. The summed E-state index contributed by atoms with van der Waals surface area (Å²) in [6, 6.07) is 0. The van der Waals surface area contributed by atoms with E-state index in [1.807, 2.05) is 0 Å². The van der Waals surface area contributed by atoms with E-state index in [1.165, 1.54) is 12.7 Å². The molecule has 154 valence electrons. The van der Waals surface area contributed by atoms with Crippen LogP contribution in [0, 0.1) is 0 Å². The number of H-pyrrole nitrogens is 1. The number of nitrogens with zero attached hydrogens (tertiary/aromatic N) is 8. The first-order valence-electron chi connectivity index (χ1n) is 8.98. The Morgan fingerprint density at radius 1 is 1.41 bits per heavy atom. The minimum absolute atomic E-state index is 0.0899. The van der Waals surface area contributed by atoms with Crippen molar-refractivity contribution in [3.8, 4) is 0 Å². The predicted molar refractivity (Wildman–Crippen MR) is 102 cm³/mol. The molecule has 13 heteroatoms. The van der Waals surface area contributed by atoms with Crippen LogP contribution in [0.25, 0.3) is 21.6 Å². The molecule has 29 heavy (non-hydrogen) atoms. The van der Waals surface area contributed by atoms with Gasteiger partial charge in [0, 0.05) is 19.0 Å². The van der Waals surface area contributed by atoms with Crippen LogP contribution in [0.5, 0.6) is 0 Å². The lowest BCUT2D eigenvalue weighted by atomic mass is 10.1. The summed E-state index contributed by atoms with van der Waals surface area (Å²) < 4.78 is 19.7. The van der Waals surface area contributed by atoms with Crippen molar-refractivity contribution in [1.29, 1.82) is 0 Å². The maximum Gasteiger partial charge on any atom is 0.280 e. The molecule has 0 aromatic carbocycles. The second-order valence-electron chi connectivity index (χ2n) is 7.47. The van der Waals surface area contributed by atoms with Crippen LogP contribution in [0.1, 0.15) is 20.1 Å². The van der Waals surface area contributed by atoms with Crippen LogP contribution in [0.2, 0.25) is 0 Å². The van der Waals surface area contributed by atoms with Crippen molar-refractivity contribution in [2.24, 2.45) is 10.1 Å². The Hall–Kier alpha value is -2.99. The van der Waals surface area contributed by atoms with Crippen molar-refractivity contribution in [3.63, 3.8) is 0 Å². The van der Waals surface area contributed by atoms with E-state index in [4.69, 9.17) is 19.7 Å². The van der Waals surface area contributed by atoms with Gasteiger partial charge in [-0.25, -0.2) is 9.98 Å². The molecule has 1 unspecified atom stereocenters. The zero-order valence-corrected chi connectivity index (χ0v) is 16.4. The number of aromatic nitrogens is 4. The van der Waals surface area contributed by atoms with Gasteiger partial charge < -0.3 is 19.1 Å². The van der Waals surface area contributed by atoms with Gasteiger partial charge in [0.1, 0.15) is 12.2 Å². The Morgan fingerprint density at radius 3 is 2.90 bits per heavy atom. The number of fused-ring (bicyclic) bond motifs is 2. The van der Waals surface area contributed by atoms with E-state index in [9.17, 15) is 4.79 Å². The van der Waals surface area contributed by atoms with Crippen LogP contribution in [-0.4, -0.2) is 75.5 Å². The molecule has 0 amide bonds. The number of aliphatic imine (C=N–C) groups is 1. The van der Waals surface area contributed by atoms with E-state index in [0.29, 0.717) is 5.65 Å². The summed E-state index contributed by atoms with van der Waals surface area (Å²) in [6.07, 6.45) is 0.902. The lowest BCUT2D eigenvalue weighted by molar-refractivity contribution is -0.195. The van der Waals surface area contributed by atoms with Gasteiger partial charge >= 0.3 is 0 Å². The molecule has 4 atom stereocenters. The van der Waals surface area contributed by atoms with Gasteiger partial charge in [-0.05, 0) is 19.4 Å². The molecule has 2 fully saturated rings. The third-order valence-electron chi connectivity index (χ3n) is 4.56. The summed E-state index contributed by atoms with van der Waals surface area (Å²) in [5.74, 6) is -0.684. The van der Waals surface area contributed by atoms with Crippen LogP contribution < -0.4 is 5.56 Å². The molecule has 0 spiro atoms. The molecular weight excluding hydrogens is 382 g/mol. The molecule has 0 bridgehead atoms. The topological polar surface area (TPSA) is 156 Å². The normalized spacial score (nSPS) is 28.0. The zero-order chi connectivity index (χ0) is 20.8. The van der Waals surface area contributed by atoms with Gasteiger partial charge in [-0.2, -0.15) is 4.98 Å². The van der Waals surface area contributed by atoms with Crippen LogP contribution in [0.4, 0.5) is 5.95 Å². The largest absolute Gasteiger partial charge is 0.369 e. The third-order valence-corrected chi connectivity index (χ3v) is 4.56. The second kappa shape index (κ2) is 7.12. The van der Waals surface area contributed by atoms with E-state index in [1.54, 1.807) is 37.4 Å². The van der Waals surface area contributed by atoms with Crippen LogP contribution in [0.3, 0.4) is 0 Å². The molecule has 4 heterocycles. The van der Waals surface area contributed by atoms with E-state index in [-0.39, 0.29) is 18.0 Å². The van der Waals surface area contributed by atoms with Gasteiger partial charge in [-0.3, -0.25) is 14.3 Å². The van der Waals surface area contributed by atoms with Crippen molar-refractivity contribution >= 4 is 23.5 Å². The molecule has 1 N–H and O–H groups in total. The van der Waals surface area contributed by atoms with Crippen molar-refractivity contribution < 1.29 is 14.2 Å². The van der Waals surface area contributed by atoms with Gasteiger partial charge in [-0.1, -0.05) is 5.11 Å². The summed E-state index contributed by atoms with van der Waals surface area (Å²) in [5.41, 5.74) is 8.71. The summed E-state index contributed by atoms with van der Waals surface area (Å²) >= 11 is 0. The summed E-state index contributed by atoms with van der Waals surface area (Å²) in [7, 11) is 3.61.